The van der Waals surface area contributed by atoms with Crippen LogP contribution >= 0.6 is 23.2 Å². The number of hydrogen-bond acceptors (Lipinski definition) is 3. The third-order valence-corrected chi connectivity index (χ3v) is 5.17. The van der Waals surface area contributed by atoms with Crippen molar-refractivity contribution in [1.82, 2.24) is 4.90 Å². The summed E-state index contributed by atoms with van der Waals surface area (Å²) in [6.07, 6.45) is 0.0268. The number of rotatable bonds is 4. The third kappa shape index (κ3) is 4.37. The summed E-state index contributed by atoms with van der Waals surface area (Å²) in [5, 5.41) is 0.811. The van der Waals surface area contributed by atoms with Crippen LogP contribution in [0.2, 0.25) is 10.0 Å². The smallest absolute Gasteiger partial charge is 0.311 e. The Balaban J connectivity index is 1.57. The van der Waals surface area contributed by atoms with Crippen molar-refractivity contribution in [3.63, 3.8) is 0 Å². The van der Waals surface area contributed by atoms with Gasteiger partial charge in [0.2, 0.25) is 0 Å². The number of benzene rings is 2. The zero-order chi connectivity index (χ0) is 18.7. The summed E-state index contributed by atoms with van der Waals surface area (Å²) < 4.78 is 5.32. The maximum absolute atomic E-state index is 12.6. The Kier molecular flexibility index (Phi) is 5.84. The molecule has 1 atom stereocenters. The van der Waals surface area contributed by atoms with E-state index in [9.17, 15) is 9.59 Å². The largest absolute Gasteiger partial charge is 0.452 e. The van der Waals surface area contributed by atoms with Gasteiger partial charge in [0, 0.05) is 13.1 Å². The minimum atomic E-state index is -0.824. The molecule has 136 valence electrons. The number of hydrogen-bond donors (Lipinski definition) is 0. The van der Waals surface area contributed by atoms with Gasteiger partial charge >= 0.3 is 5.97 Å². The van der Waals surface area contributed by atoms with Gasteiger partial charge in [-0.05, 0) is 42.2 Å². The third-order valence-electron chi connectivity index (χ3n) is 4.43. The van der Waals surface area contributed by atoms with Crippen molar-refractivity contribution in [2.45, 2.75) is 32.4 Å². The number of nitrogens with zero attached hydrogens (tertiary/aromatic N) is 1. The molecule has 0 saturated heterocycles. The van der Waals surface area contributed by atoms with Gasteiger partial charge in [-0.2, -0.15) is 0 Å². The van der Waals surface area contributed by atoms with E-state index >= 15 is 0 Å². The summed E-state index contributed by atoms with van der Waals surface area (Å²) in [4.78, 5) is 26.5. The van der Waals surface area contributed by atoms with E-state index in [-0.39, 0.29) is 12.3 Å². The quantitative estimate of drug-likeness (QED) is 0.738. The van der Waals surface area contributed by atoms with E-state index < -0.39 is 12.1 Å². The second-order valence-corrected chi connectivity index (χ2v) is 7.15. The molecule has 0 fully saturated rings. The highest BCUT2D eigenvalue weighted by Gasteiger charge is 2.26. The van der Waals surface area contributed by atoms with Crippen LogP contribution in [0, 0.1) is 0 Å². The van der Waals surface area contributed by atoms with Gasteiger partial charge in [-0.3, -0.25) is 9.59 Å². The SMILES string of the molecule is CC(OC(=O)Cc1ccc(Cl)c(Cl)c1)C(=O)N1CCc2ccccc2C1. The van der Waals surface area contributed by atoms with Crippen molar-refractivity contribution in [3.8, 4) is 0 Å². The van der Waals surface area contributed by atoms with Crippen LogP contribution in [-0.4, -0.2) is 29.4 Å². The summed E-state index contributed by atoms with van der Waals surface area (Å²) in [6, 6.07) is 13.0. The van der Waals surface area contributed by atoms with Gasteiger partial charge in [-0.1, -0.05) is 53.5 Å². The monoisotopic (exact) mass is 391 g/mol. The topological polar surface area (TPSA) is 46.6 Å². The minimum absolute atomic E-state index is 0.0390. The zero-order valence-electron chi connectivity index (χ0n) is 14.4. The Bertz CT molecular complexity index is 838. The Hall–Kier alpha value is -2.04. The van der Waals surface area contributed by atoms with Crippen LogP contribution in [0.3, 0.4) is 0 Å². The second kappa shape index (κ2) is 8.11. The molecule has 0 radical (unpaired) electrons. The van der Waals surface area contributed by atoms with Gasteiger partial charge in [0.1, 0.15) is 0 Å². The molecule has 4 nitrogen and oxygen atoms in total. The summed E-state index contributed by atoms with van der Waals surface area (Å²) >= 11 is 11.8. The Morgan fingerprint density at radius 1 is 1.12 bits per heavy atom. The van der Waals surface area contributed by atoms with E-state index in [4.69, 9.17) is 27.9 Å². The van der Waals surface area contributed by atoms with E-state index in [1.165, 1.54) is 5.56 Å². The lowest BCUT2D eigenvalue weighted by molar-refractivity contribution is -0.159. The van der Waals surface area contributed by atoms with Crippen molar-refractivity contribution in [1.29, 1.82) is 0 Å². The zero-order valence-corrected chi connectivity index (χ0v) is 15.9. The maximum atomic E-state index is 12.6. The molecule has 6 heteroatoms. The lowest BCUT2D eigenvalue weighted by Crippen LogP contribution is -2.42. The van der Waals surface area contributed by atoms with Gasteiger partial charge in [-0.25, -0.2) is 0 Å². The van der Waals surface area contributed by atoms with Crippen molar-refractivity contribution in [2.75, 3.05) is 6.54 Å². The fraction of sp³-hybridized carbons (Fsp3) is 0.300. The van der Waals surface area contributed by atoms with Gasteiger partial charge in [0.05, 0.1) is 16.5 Å². The Morgan fingerprint density at radius 2 is 1.85 bits per heavy atom. The molecule has 0 aromatic heterocycles. The molecule has 0 N–H and O–H groups in total. The Morgan fingerprint density at radius 3 is 2.58 bits per heavy atom. The van der Waals surface area contributed by atoms with E-state index in [2.05, 4.69) is 6.07 Å². The average molecular weight is 392 g/mol. The van der Waals surface area contributed by atoms with Gasteiger partial charge in [0.15, 0.2) is 6.10 Å². The highest BCUT2D eigenvalue weighted by Crippen LogP contribution is 2.23. The molecule has 1 amide bonds. The molecule has 1 unspecified atom stereocenters. The summed E-state index contributed by atoms with van der Waals surface area (Å²) in [6.45, 7) is 2.78. The molecule has 0 bridgehead atoms. The minimum Gasteiger partial charge on any atom is -0.452 e. The number of fused-ring (bicyclic) bond motifs is 1. The molecule has 0 spiro atoms. The molecule has 1 heterocycles. The fourth-order valence-electron chi connectivity index (χ4n) is 3.05. The lowest BCUT2D eigenvalue weighted by Gasteiger charge is -2.30. The summed E-state index contributed by atoms with van der Waals surface area (Å²) in [5.41, 5.74) is 3.10. The van der Waals surface area contributed by atoms with E-state index in [1.54, 1.807) is 30.0 Å². The highest BCUT2D eigenvalue weighted by molar-refractivity contribution is 6.42. The molecule has 2 aromatic carbocycles. The molecular weight excluding hydrogens is 373 g/mol. The first-order valence-corrected chi connectivity index (χ1v) is 9.18. The number of carbonyl (C=O) groups excluding carboxylic acids is 2. The number of halogens is 2. The molecule has 3 rings (SSSR count). The standard InChI is InChI=1S/C20H19Cl2NO3/c1-13(26-19(24)11-14-6-7-17(21)18(22)10-14)20(25)23-9-8-15-4-2-3-5-16(15)12-23/h2-7,10,13H,8-9,11-12H2,1H3. The lowest BCUT2D eigenvalue weighted by atomic mass is 9.99. The number of esters is 1. The number of amides is 1. The van der Waals surface area contributed by atoms with E-state index in [0.717, 1.165) is 12.0 Å². The first-order chi connectivity index (χ1) is 12.4. The van der Waals surface area contributed by atoms with Gasteiger partial charge in [0.25, 0.3) is 5.91 Å². The average Bonchev–Trinajstić information content (AvgIpc) is 2.63. The first kappa shape index (κ1) is 18.7. The van der Waals surface area contributed by atoms with Crippen molar-refractivity contribution < 1.29 is 14.3 Å². The molecule has 1 aliphatic heterocycles. The first-order valence-electron chi connectivity index (χ1n) is 8.43. The molecule has 0 saturated carbocycles. The van der Waals surface area contributed by atoms with E-state index in [0.29, 0.717) is 28.7 Å². The Labute approximate surface area is 162 Å². The maximum Gasteiger partial charge on any atom is 0.311 e. The fourth-order valence-corrected chi connectivity index (χ4v) is 3.37. The molecular formula is C20H19Cl2NO3. The van der Waals surface area contributed by atoms with Crippen molar-refractivity contribution in [3.05, 3.63) is 69.2 Å². The normalized spacial score (nSPS) is 14.5. The highest BCUT2D eigenvalue weighted by atomic mass is 35.5. The van der Waals surface area contributed by atoms with Crippen molar-refractivity contribution >= 4 is 35.1 Å². The molecule has 26 heavy (non-hydrogen) atoms. The second-order valence-electron chi connectivity index (χ2n) is 6.34. The van der Waals surface area contributed by atoms with Crippen molar-refractivity contribution in [2.24, 2.45) is 0 Å². The van der Waals surface area contributed by atoms with Crippen LogP contribution in [0.15, 0.2) is 42.5 Å². The van der Waals surface area contributed by atoms with Crippen LogP contribution in [0.1, 0.15) is 23.6 Å². The predicted molar refractivity (Wildman–Crippen MR) is 101 cm³/mol. The van der Waals surface area contributed by atoms with Crippen LogP contribution in [-0.2, 0) is 33.7 Å². The van der Waals surface area contributed by atoms with Crippen LogP contribution < -0.4 is 0 Å². The summed E-state index contributed by atoms with van der Waals surface area (Å²) in [5.74, 6) is -0.649. The number of carbonyl (C=O) groups is 2. The van der Waals surface area contributed by atoms with Gasteiger partial charge < -0.3 is 9.64 Å². The summed E-state index contributed by atoms with van der Waals surface area (Å²) in [7, 11) is 0. The van der Waals surface area contributed by atoms with Gasteiger partial charge in [-0.15, -0.1) is 0 Å². The van der Waals surface area contributed by atoms with Crippen LogP contribution in [0.5, 0.6) is 0 Å². The molecule has 0 aliphatic carbocycles. The molecule has 2 aromatic rings. The van der Waals surface area contributed by atoms with Crippen LogP contribution in [0.4, 0.5) is 0 Å². The predicted octanol–water partition coefficient (Wildman–Crippen LogP) is 4.05. The molecule has 1 aliphatic rings. The van der Waals surface area contributed by atoms with E-state index in [1.807, 2.05) is 18.2 Å². The van der Waals surface area contributed by atoms with Crippen LogP contribution in [0.25, 0.3) is 0 Å². The number of ether oxygens (including phenoxy) is 1.